The SMILES string of the molecule is CCNCCC1CCC(=O)N1CC(c1ccccc1)c1ccccc1. The molecule has 3 nitrogen and oxygen atoms in total. The molecule has 0 bridgehead atoms. The molecule has 1 N–H and O–H groups in total. The Labute approximate surface area is 151 Å². The lowest BCUT2D eigenvalue weighted by Crippen LogP contribution is -2.38. The van der Waals surface area contributed by atoms with Crippen molar-refractivity contribution < 1.29 is 4.79 Å². The fourth-order valence-corrected chi connectivity index (χ4v) is 3.76. The maximum absolute atomic E-state index is 12.5. The third-order valence-corrected chi connectivity index (χ3v) is 5.14. The molecule has 0 saturated carbocycles. The predicted octanol–water partition coefficient (Wildman–Crippen LogP) is 3.81. The summed E-state index contributed by atoms with van der Waals surface area (Å²) in [7, 11) is 0. The minimum absolute atomic E-state index is 0.228. The number of benzene rings is 2. The molecule has 3 heteroatoms. The topological polar surface area (TPSA) is 32.3 Å². The maximum atomic E-state index is 12.5. The van der Waals surface area contributed by atoms with Crippen molar-refractivity contribution in [3.05, 3.63) is 71.8 Å². The van der Waals surface area contributed by atoms with E-state index in [1.165, 1.54) is 11.1 Å². The second-order valence-corrected chi connectivity index (χ2v) is 6.75. The highest BCUT2D eigenvalue weighted by Crippen LogP contribution is 2.30. The molecule has 0 spiro atoms. The molecule has 0 radical (unpaired) electrons. The molecule has 1 atom stereocenters. The van der Waals surface area contributed by atoms with Crippen LogP contribution >= 0.6 is 0 Å². The summed E-state index contributed by atoms with van der Waals surface area (Å²) >= 11 is 0. The van der Waals surface area contributed by atoms with E-state index in [1.54, 1.807) is 0 Å². The average molecular weight is 336 g/mol. The Kier molecular flexibility index (Phi) is 6.24. The Morgan fingerprint density at radius 1 is 1.04 bits per heavy atom. The van der Waals surface area contributed by atoms with Gasteiger partial charge in [0.25, 0.3) is 0 Å². The third-order valence-electron chi connectivity index (χ3n) is 5.14. The van der Waals surface area contributed by atoms with Crippen molar-refractivity contribution in [1.82, 2.24) is 10.2 Å². The molecule has 25 heavy (non-hydrogen) atoms. The summed E-state index contributed by atoms with van der Waals surface area (Å²) in [5.41, 5.74) is 2.55. The van der Waals surface area contributed by atoms with Crippen LogP contribution in [0.25, 0.3) is 0 Å². The Morgan fingerprint density at radius 2 is 1.64 bits per heavy atom. The molecule has 1 aliphatic heterocycles. The standard InChI is InChI=1S/C22H28N2O/c1-2-23-16-15-20-13-14-22(25)24(20)17-21(18-9-5-3-6-10-18)19-11-7-4-8-12-19/h3-12,20-21,23H,2,13-17H2,1H3. The maximum Gasteiger partial charge on any atom is 0.222 e. The second kappa shape index (κ2) is 8.82. The normalized spacial score (nSPS) is 17.4. The highest BCUT2D eigenvalue weighted by Gasteiger charge is 2.32. The lowest BCUT2D eigenvalue weighted by atomic mass is 9.90. The van der Waals surface area contributed by atoms with Gasteiger partial charge in [0.2, 0.25) is 5.91 Å². The zero-order chi connectivity index (χ0) is 17.5. The van der Waals surface area contributed by atoms with Crippen LogP contribution in [0.15, 0.2) is 60.7 Å². The van der Waals surface area contributed by atoms with Crippen molar-refractivity contribution in [2.45, 2.75) is 38.1 Å². The highest BCUT2D eigenvalue weighted by atomic mass is 16.2. The molecule has 2 aromatic carbocycles. The van der Waals surface area contributed by atoms with Gasteiger partial charge in [-0.25, -0.2) is 0 Å². The fourth-order valence-electron chi connectivity index (χ4n) is 3.76. The first kappa shape index (κ1) is 17.7. The lowest BCUT2D eigenvalue weighted by Gasteiger charge is -2.30. The largest absolute Gasteiger partial charge is 0.339 e. The van der Waals surface area contributed by atoms with Gasteiger partial charge in [-0.3, -0.25) is 4.79 Å². The summed E-state index contributed by atoms with van der Waals surface area (Å²) < 4.78 is 0. The zero-order valence-corrected chi connectivity index (χ0v) is 15.0. The van der Waals surface area contributed by atoms with Gasteiger partial charge in [0.05, 0.1) is 0 Å². The quantitative estimate of drug-likeness (QED) is 0.744. The van der Waals surface area contributed by atoms with E-state index in [9.17, 15) is 4.79 Å². The van der Waals surface area contributed by atoms with Crippen molar-refractivity contribution in [3.63, 3.8) is 0 Å². The van der Waals surface area contributed by atoms with Crippen molar-refractivity contribution in [1.29, 1.82) is 0 Å². The molecular weight excluding hydrogens is 308 g/mol. The molecule has 1 unspecified atom stereocenters. The number of nitrogens with one attached hydrogen (secondary N) is 1. The molecule has 1 fully saturated rings. The molecule has 2 aromatic rings. The van der Waals surface area contributed by atoms with Crippen LogP contribution < -0.4 is 5.32 Å². The minimum atomic E-state index is 0.228. The second-order valence-electron chi connectivity index (χ2n) is 6.75. The Balaban J connectivity index is 1.80. The molecule has 3 rings (SSSR count). The first-order chi connectivity index (χ1) is 12.3. The molecule has 1 aliphatic rings. The van der Waals surface area contributed by atoms with Gasteiger partial charge >= 0.3 is 0 Å². The molecular formula is C22H28N2O. The Morgan fingerprint density at radius 3 is 2.20 bits per heavy atom. The monoisotopic (exact) mass is 336 g/mol. The van der Waals surface area contributed by atoms with E-state index in [-0.39, 0.29) is 5.92 Å². The van der Waals surface area contributed by atoms with E-state index in [4.69, 9.17) is 0 Å². The number of nitrogens with zero attached hydrogens (tertiary/aromatic N) is 1. The fraction of sp³-hybridized carbons (Fsp3) is 0.409. The van der Waals surface area contributed by atoms with E-state index in [1.807, 2.05) is 12.1 Å². The van der Waals surface area contributed by atoms with E-state index >= 15 is 0 Å². The van der Waals surface area contributed by atoms with Crippen LogP contribution in [-0.2, 0) is 4.79 Å². The predicted molar refractivity (Wildman–Crippen MR) is 103 cm³/mol. The number of hydrogen-bond donors (Lipinski definition) is 1. The van der Waals surface area contributed by atoms with Crippen LogP contribution in [0.3, 0.4) is 0 Å². The van der Waals surface area contributed by atoms with Crippen LogP contribution in [-0.4, -0.2) is 36.5 Å². The lowest BCUT2D eigenvalue weighted by molar-refractivity contribution is -0.129. The van der Waals surface area contributed by atoms with Gasteiger partial charge in [0, 0.05) is 24.9 Å². The van der Waals surface area contributed by atoms with Crippen LogP contribution in [0.2, 0.25) is 0 Å². The van der Waals surface area contributed by atoms with Gasteiger partial charge in [-0.1, -0.05) is 67.6 Å². The van der Waals surface area contributed by atoms with Crippen LogP contribution in [0.1, 0.15) is 43.2 Å². The summed E-state index contributed by atoms with van der Waals surface area (Å²) in [4.78, 5) is 14.6. The Hall–Kier alpha value is -2.13. The first-order valence-corrected chi connectivity index (χ1v) is 9.39. The molecule has 0 aliphatic carbocycles. The Bertz CT molecular complexity index is 617. The summed E-state index contributed by atoms with van der Waals surface area (Å²) in [6.07, 6.45) is 2.71. The van der Waals surface area contributed by atoms with Gasteiger partial charge in [-0.15, -0.1) is 0 Å². The third kappa shape index (κ3) is 4.49. The number of rotatable bonds is 8. The molecule has 1 amide bonds. The smallest absolute Gasteiger partial charge is 0.222 e. The molecule has 1 heterocycles. The molecule has 132 valence electrons. The van der Waals surface area contributed by atoms with Gasteiger partial charge in [-0.2, -0.15) is 0 Å². The first-order valence-electron chi connectivity index (χ1n) is 9.39. The summed E-state index contributed by atoms with van der Waals surface area (Å²) in [5, 5.41) is 3.39. The van der Waals surface area contributed by atoms with Crippen LogP contribution in [0.5, 0.6) is 0 Å². The minimum Gasteiger partial charge on any atom is -0.339 e. The number of amides is 1. The average Bonchev–Trinajstić information content (AvgIpc) is 3.01. The van der Waals surface area contributed by atoms with Crippen molar-refractivity contribution in [2.75, 3.05) is 19.6 Å². The number of carbonyl (C=O) groups is 1. The van der Waals surface area contributed by atoms with Crippen LogP contribution in [0.4, 0.5) is 0 Å². The van der Waals surface area contributed by atoms with Gasteiger partial charge in [0.1, 0.15) is 0 Å². The number of likely N-dealkylation sites (tertiary alicyclic amines) is 1. The van der Waals surface area contributed by atoms with E-state index in [0.717, 1.165) is 32.5 Å². The van der Waals surface area contributed by atoms with Crippen molar-refractivity contribution in [3.8, 4) is 0 Å². The number of carbonyl (C=O) groups excluding carboxylic acids is 1. The summed E-state index contributed by atoms with van der Waals surface area (Å²) in [6.45, 7) is 4.85. The van der Waals surface area contributed by atoms with Crippen molar-refractivity contribution in [2.24, 2.45) is 0 Å². The molecule has 1 saturated heterocycles. The van der Waals surface area contributed by atoms with E-state index in [2.05, 4.69) is 65.7 Å². The summed E-state index contributed by atoms with van der Waals surface area (Å²) in [5.74, 6) is 0.532. The summed E-state index contributed by atoms with van der Waals surface area (Å²) in [6, 6.07) is 21.5. The number of hydrogen-bond acceptors (Lipinski definition) is 2. The van der Waals surface area contributed by atoms with Crippen LogP contribution in [0, 0.1) is 0 Å². The van der Waals surface area contributed by atoms with Gasteiger partial charge in [-0.05, 0) is 37.1 Å². The van der Waals surface area contributed by atoms with Gasteiger partial charge < -0.3 is 10.2 Å². The van der Waals surface area contributed by atoms with E-state index < -0.39 is 0 Å². The zero-order valence-electron chi connectivity index (χ0n) is 15.0. The molecule has 0 aromatic heterocycles. The highest BCUT2D eigenvalue weighted by molar-refractivity contribution is 5.79. The van der Waals surface area contributed by atoms with Crippen molar-refractivity contribution >= 4 is 5.91 Å². The van der Waals surface area contributed by atoms with Gasteiger partial charge in [0.15, 0.2) is 0 Å². The van der Waals surface area contributed by atoms with E-state index in [0.29, 0.717) is 18.4 Å².